The largest absolute Gasteiger partial charge is 0.469 e. The number of esters is 1. The molecule has 3 heterocycles. The first-order valence-electron chi connectivity index (χ1n) is 11.6. The molecule has 0 atom stereocenters. The molecule has 5 rings (SSSR count). The highest BCUT2D eigenvalue weighted by Gasteiger charge is 2.25. The van der Waals surface area contributed by atoms with E-state index >= 15 is 0 Å². The van der Waals surface area contributed by atoms with E-state index < -0.39 is 0 Å². The normalized spacial score (nSPS) is 18.1. The Morgan fingerprint density at radius 2 is 1.79 bits per heavy atom. The minimum absolute atomic E-state index is 0.0724. The first-order chi connectivity index (χ1) is 16.6. The van der Waals surface area contributed by atoms with Gasteiger partial charge in [0.1, 0.15) is 11.9 Å². The number of carbonyl (C=O) groups excluding carboxylic acids is 1. The summed E-state index contributed by atoms with van der Waals surface area (Å²) in [6.45, 7) is 1.97. The van der Waals surface area contributed by atoms with Gasteiger partial charge in [-0.3, -0.25) is 9.78 Å². The number of aryl methyl sites for hydroxylation is 1. The minimum Gasteiger partial charge on any atom is -0.469 e. The van der Waals surface area contributed by atoms with E-state index in [0.29, 0.717) is 18.3 Å². The lowest BCUT2D eigenvalue weighted by atomic mass is 9.85. The van der Waals surface area contributed by atoms with Crippen molar-refractivity contribution in [1.29, 1.82) is 0 Å². The smallest absolute Gasteiger partial charge is 0.316 e. The summed E-state index contributed by atoms with van der Waals surface area (Å²) >= 11 is 0. The van der Waals surface area contributed by atoms with Crippen LogP contribution in [-0.4, -0.2) is 44.1 Å². The zero-order valence-corrected chi connectivity index (χ0v) is 19.3. The number of pyridine rings is 1. The Hall–Kier alpha value is -3.81. The molecule has 8 nitrogen and oxygen atoms in total. The highest BCUT2D eigenvalue weighted by Crippen LogP contribution is 2.30. The Labute approximate surface area is 197 Å². The van der Waals surface area contributed by atoms with Crippen LogP contribution in [0.3, 0.4) is 0 Å². The summed E-state index contributed by atoms with van der Waals surface area (Å²) in [5.41, 5.74) is 5.40. The maximum atomic E-state index is 11.5. The predicted molar refractivity (Wildman–Crippen MR) is 128 cm³/mol. The summed E-state index contributed by atoms with van der Waals surface area (Å²) < 4.78 is 10.8. The molecule has 174 valence electrons. The monoisotopic (exact) mass is 457 g/mol. The van der Waals surface area contributed by atoms with Crippen LogP contribution in [0.15, 0.2) is 48.8 Å². The topological polar surface area (TPSA) is 103 Å². The van der Waals surface area contributed by atoms with Gasteiger partial charge in [-0.15, -0.1) is 0 Å². The molecule has 1 aliphatic rings. The summed E-state index contributed by atoms with van der Waals surface area (Å²) in [5, 5.41) is 0. The lowest BCUT2D eigenvalue weighted by molar-refractivity contribution is -0.142. The third-order valence-electron chi connectivity index (χ3n) is 6.40. The maximum absolute atomic E-state index is 11.5. The fourth-order valence-electron chi connectivity index (χ4n) is 4.48. The standard InChI is InChI=1S/C26H27N5O3/c1-16-20(25-30-22-5-3-4-6-23(22)31-25)11-12-21(29-16)18-14-27-26(28-15-18)34-19-9-7-17(8-10-19)13-24(32)33-2/h3-6,11-12,14-15,17,19H,7-10,13H2,1-2H3,(H,30,31). The second-order valence-electron chi connectivity index (χ2n) is 8.73. The molecular weight excluding hydrogens is 430 g/mol. The van der Waals surface area contributed by atoms with Crippen molar-refractivity contribution in [3.63, 3.8) is 0 Å². The van der Waals surface area contributed by atoms with Crippen molar-refractivity contribution in [1.82, 2.24) is 24.9 Å². The van der Waals surface area contributed by atoms with Gasteiger partial charge in [0.25, 0.3) is 0 Å². The summed E-state index contributed by atoms with van der Waals surface area (Å²) in [6.07, 6.45) is 7.70. The molecule has 1 fully saturated rings. The van der Waals surface area contributed by atoms with Gasteiger partial charge in [-0.05, 0) is 62.8 Å². The number of para-hydroxylation sites is 2. The van der Waals surface area contributed by atoms with Gasteiger partial charge in [0.05, 0.1) is 23.8 Å². The zero-order chi connectivity index (χ0) is 23.5. The number of ether oxygens (including phenoxy) is 2. The molecule has 4 aromatic rings. The van der Waals surface area contributed by atoms with Gasteiger partial charge in [-0.25, -0.2) is 15.0 Å². The number of hydrogen-bond acceptors (Lipinski definition) is 7. The van der Waals surface area contributed by atoms with Crippen molar-refractivity contribution in [2.75, 3.05) is 7.11 Å². The molecule has 0 amide bonds. The molecule has 0 unspecified atom stereocenters. The van der Waals surface area contributed by atoms with Crippen LogP contribution in [0.1, 0.15) is 37.8 Å². The molecule has 34 heavy (non-hydrogen) atoms. The van der Waals surface area contributed by atoms with E-state index in [0.717, 1.165) is 65.1 Å². The number of fused-ring (bicyclic) bond motifs is 1. The number of carbonyl (C=O) groups is 1. The van der Waals surface area contributed by atoms with Gasteiger partial charge in [-0.1, -0.05) is 12.1 Å². The molecular formula is C26H27N5O3. The molecule has 1 saturated carbocycles. The van der Waals surface area contributed by atoms with Crippen molar-refractivity contribution in [3.8, 4) is 28.7 Å². The quantitative estimate of drug-likeness (QED) is 0.411. The first kappa shape index (κ1) is 22.0. The average molecular weight is 458 g/mol. The maximum Gasteiger partial charge on any atom is 0.316 e. The Bertz CT molecular complexity index is 1260. The summed E-state index contributed by atoms with van der Waals surface area (Å²) in [4.78, 5) is 33.1. The summed E-state index contributed by atoms with van der Waals surface area (Å²) in [5.74, 6) is 1.03. The van der Waals surface area contributed by atoms with E-state index in [1.807, 2.05) is 43.3 Å². The summed E-state index contributed by atoms with van der Waals surface area (Å²) in [7, 11) is 1.43. The van der Waals surface area contributed by atoms with Crippen molar-refractivity contribution in [2.24, 2.45) is 5.92 Å². The molecule has 8 heteroatoms. The molecule has 1 aromatic carbocycles. The lowest BCUT2D eigenvalue weighted by Crippen LogP contribution is -2.26. The fraction of sp³-hybridized carbons (Fsp3) is 0.346. The van der Waals surface area contributed by atoms with Gasteiger partial charge >= 0.3 is 12.0 Å². The molecule has 0 saturated heterocycles. The van der Waals surface area contributed by atoms with E-state index in [4.69, 9.17) is 14.5 Å². The molecule has 1 N–H and O–H groups in total. The Balaban J connectivity index is 1.23. The Morgan fingerprint density at radius 3 is 2.50 bits per heavy atom. The van der Waals surface area contributed by atoms with E-state index in [2.05, 4.69) is 19.9 Å². The number of H-pyrrole nitrogens is 1. The second kappa shape index (κ2) is 9.59. The number of nitrogens with one attached hydrogen (secondary N) is 1. The number of methoxy groups -OCH3 is 1. The van der Waals surface area contributed by atoms with E-state index in [9.17, 15) is 4.79 Å². The fourth-order valence-corrected chi connectivity index (χ4v) is 4.48. The highest BCUT2D eigenvalue weighted by atomic mass is 16.5. The SMILES string of the molecule is COC(=O)CC1CCC(Oc2ncc(-c3ccc(-c4nc5ccccc5[nH]4)c(C)n3)cn2)CC1. The number of aromatic nitrogens is 5. The average Bonchev–Trinajstić information content (AvgIpc) is 3.29. The number of rotatable bonds is 6. The molecule has 0 spiro atoms. The van der Waals surface area contributed by atoms with Crippen molar-refractivity contribution < 1.29 is 14.3 Å². The zero-order valence-electron chi connectivity index (χ0n) is 19.3. The molecule has 0 bridgehead atoms. The number of aromatic amines is 1. The third kappa shape index (κ3) is 4.76. The van der Waals surface area contributed by atoms with Crippen molar-refractivity contribution in [3.05, 3.63) is 54.5 Å². The van der Waals surface area contributed by atoms with Gasteiger partial charge in [0.2, 0.25) is 0 Å². The Kier molecular flexibility index (Phi) is 6.20. The van der Waals surface area contributed by atoms with Crippen molar-refractivity contribution >= 4 is 17.0 Å². The van der Waals surface area contributed by atoms with E-state index in [1.54, 1.807) is 12.4 Å². The number of benzene rings is 1. The van der Waals surface area contributed by atoms with Crippen LogP contribution >= 0.6 is 0 Å². The van der Waals surface area contributed by atoms with Crippen LogP contribution in [0.5, 0.6) is 6.01 Å². The van der Waals surface area contributed by atoms with E-state index in [-0.39, 0.29) is 12.1 Å². The molecule has 0 radical (unpaired) electrons. The van der Waals surface area contributed by atoms with Gasteiger partial charge < -0.3 is 14.5 Å². The third-order valence-corrected chi connectivity index (χ3v) is 6.40. The van der Waals surface area contributed by atoms with Crippen LogP contribution in [0.25, 0.3) is 33.7 Å². The van der Waals surface area contributed by atoms with Crippen LogP contribution in [0, 0.1) is 12.8 Å². The molecule has 0 aliphatic heterocycles. The highest BCUT2D eigenvalue weighted by molar-refractivity contribution is 5.80. The van der Waals surface area contributed by atoms with Crippen molar-refractivity contribution in [2.45, 2.75) is 45.1 Å². The first-order valence-corrected chi connectivity index (χ1v) is 11.6. The second-order valence-corrected chi connectivity index (χ2v) is 8.73. The van der Waals surface area contributed by atoms with Crippen LogP contribution in [-0.2, 0) is 9.53 Å². The predicted octanol–water partition coefficient (Wildman–Crippen LogP) is 4.89. The Morgan fingerprint density at radius 1 is 1.03 bits per heavy atom. The van der Waals surface area contributed by atoms with Crippen LogP contribution in [0.4, 0.5) is 0 Å². The van der Waals surface area contributed by atoms with Crippen LogP contribution in [0.2, 0.25) is 0 Å². The molecule has 1 aliphatic carbocycles. The minimum atomic E-state index is -0.141. The number of imidazole rings is 1. The lowest BCUT2D eigenvalue weighted by Gasteiger charge is -2.27. The van der Waals surface area contributed by atoms with Crippen LogP contribution < -0.4 is 4.74 Å². The van der Waals surface area contributed by atoms with E-state index in [1.165, 1.54) is 7.11 Å². The number of nitrogens with zero attached hydrogens (tertiary/aromatic N) is 4. The summed E-state index contributed by atoms with van der Waals surface area (Å²) in [6, 6.07) is 12.3. The molecule has 3 aromatic heterocycles. The van der Waals surface area contributed by atoms with Gasteiger partial charge in [0.15, 0.2) is 0 Å². The number of hydrogen-bond donors (Lipinski definition) is 1. The van der Waals surface area contributed by atoms with Gasteiger partial charge in [-0.2, -0.15) is 0 Å². The van der Waals surface area contributed by atoms with Gasteiger partial charge in [0, 0.05) is 35.6 Å².